The number of nitrogen functional groups attached to an aromatic ring is 1. The first-order valence-corrected chi connectivity index (χ1v) is 10.1. The summed E-state index contributed by atoms with van der Waals surface area (Å²) < 4.78 is 46.1. The third-order valence-corrected chi connectivity index (χ3v) is 5.22. The van der Waals surface area contributed by atoms with Crippen LogP contribution in [0.1, 0.15) is 17.1 Å². The Hall–Kier alpha value is -4.59. The van der Waals surface area contributed by atoms with Crippen LogP contribution in [0, 0.1) is 0 Å². The van der Waals surface area contributed by atoms with Gasteiger partial charge in [-0.2, -0.15) is 28.1 Å². The topological polar surface area (TPSA) is 152 Å². The van der Waals surface area contributed by atoms with Crippen LogP contribution in [-0.2, 0) is 19.3 Å². The number of H-pyrrole nitrogens is 1. The van der Waals surface area contributed by atoms with Gasteiger partial charge in [0, 0.05) is 11.1 Å². The van der Waals surface area contributed by atoms with Crippen molar-refractivity contribution < 1.29 is 27.7 Å². The largest absolute Gasteiger partial charge is 0.451 e. The summed E-state index contributed by atoms with van der Waals surface area (Å²) in [6.07, 6.45) is -2.73. The lowest BCUT2D eigenvalue weighted by Crippen LogP contribution is -2.28. The van der Waals surface area contributed by atoms with Crippen molar-refractivity contribution in [1.29, 1.82) is 0 Å². The van der Waals surface area contributed by atoms with Gasteiger partial charge in [0.15, 0.2) is 6.39 Å². The van der Waals surface area contributed by atoms with Crippen LogP contribution in [0.3, 0.4) is 0 Å². The van der Waals surface area contributed by atoms with Gasteiger partial charge in [0.05, 0.1) is 30.6 Å². The Bertz CT molecular complexity index is 1590. The third-order valence-electron chi connectivity index (χ3n) is 5.22. The Balaban J connectivity index is 1.78. The van der Waals surface area contributed by atoms with Gasteiger partial charge in [-0.05, 0) is 6.07 Å². The van der Waals surface area contributed by atoms with E-state index in [0.717, 1.165) is 9.08 Å². The van der Waals surface area contributed by atoms with Crippen molar-refractivity contribution in [3.63, 3.8) is 0 Å². The van der Waals surface area contributed by atoms with Gasteiger partial charge < -0.3 is 9.52 Å². The molecule has 5 rings (SSSR count). The number of aromatic nitrogens is 7. The first kappa shape index (κ1) is 22.2. The molecule has 0 saturated heterocycles. The smallest absolute Gasteiger partial charge is 0.439 e. The number of nitrogens with two attached hydrogens (primary N) is 1. The molecule has 35 heavy (non-hydrogen) atoms. The van der Waals surface area contributed by atoms with Crippen LogP contribution in [-0.4, -0.2) is 34.5 Å². The average Bonchev–Trinajstić information content (AvgIpc) is 3.45. The highest BCUT2D eigenvalue weighted by Crippen LogP contribution is 2.33. The lowest BCUT2D eigenvalue weighted by Gasteiger charge is -2.09. The van der Waals surface area contributed by atoms with Gasteiger partial charge in [-0.1, -0.05) is 30.3 Å². The second-order valence-electron chi connectivity index (χ2n) is 7.45. The molecular formula is C21H16F3N8O3+. The summed E-state index contributed by atoms with van der Waals surface area (Å²) in [7, 11) is 0. The van der Waals surface area contributed by atoms with Crippen molar-refractivity contribution in [2.24, 2.45) is 0 Å². The number of nitrogens with one attached hydrogen (secondary N) is 1. The normalized spacial score (nSPS) is 11.9. The highest BCUT2D eigenvalue weighted by atomic mass is 19.4. The highest BCUT2D eigenvalue weighted by molar-refractivity contribution is 5.88. The van der Waals surface area contributed by atoms with Crippen LogP contribution >= 0.6 is 0 Å². The summed E-state index contributed by atoms with van der Waals surface area (Å²) in [4.78, 5) is 19.7. The van der Waals surface area contributed by atoms with Crippen molar-refractivity contribution >= 4 is 11.6 Å². The zero-order valence-electron chi connectivity index (χ0n) is 17.7. The maximum Gasteiger partial charge on any atom is 0.451 e. The van der Waals surface area contributed by atoms with Gasteiger partial charge in [0.1, 0.15) is 11.4 Å². The fourth-order valence-corrected chi connectivity index (χ4v) is 3.72. The molecule has 4 aromatic heterocycles. The number of aromatic amines is 1. The van der Waals surface area contributed by atoms with E-state index in [0.29, 0.717) is 28.8 Å². The molecule has 0 atom stereocenters. The van der Waals surface area contributed by atoms with Gasteiger partial charge >= 0.3 is 17.8 Å². The Morgan fingerprint density at radius 1 is 1.17 bits per heavy atom. The minimum absolute atomic E-state index is 0.0547. The summed E-state index contributed by atoms with van der Waals surface area (Å²) in [6.45, 7) is -0.994. The highest BCUT2D eigenvalue weighted by Gasteiger charge is 2.39. The van der Waals surface area contributed by atoms with E-state index in [4.69, 9.17) is 5.73 Å². The van der Waals surface area contributed by atoms with Crippen molar-refractivity contribution in [2.45, 2.75) is 19.3 Å². The van der Waals surface area contributed by atoms with Crippen molar-refractivity contribution in [2.75, 3.05) is 5.73 Å². The molecule has 0 amide bonds. The van der Waals surface area contributed by atoms with Crippen molar-refractivity contribution in [3.8, 4) is 22.4 Å². The summed E-state index contributed by atoms with van der Waals surface area (Å²) in [5.41, 5.74) is 7.15. The van der Waals surface area contributed by atoms with E-state index in [1.54, 1.807) is 30.3 Å². The summed E-state index contributed by atoms with van der Waals surface area (Å²) in [5.74, 6) is -1.42. The predicted molar refractivity (Wildman–Crippen MR) is 113 cm³/mol. The molecule has 0 fully saturated rings. The molecule has 0 unspecified atom stereocenters. The van der Waals surface area contributed by atoms with Gasteiger partial charge in [0.2, 0.25) is 11.4 Å². The number of aliphatic hydroxyl groups is 1. The molecule has 4 N–H and O–H groups in total. The molecule has 11 nitrogen and oxygen atoms in total. The molecule has 14 heteroatoms. The Morgan fingerprint density at radius 3 is 2.66 bits per heavy atom. The number of anilines is 1. The molecular weight excluding hydrogens is 469 g/mol. The number of nitrogens with zero attached hydrogens (tertiary/aromatic N) is 6. The fourth-order valence-electron chi connectivity index (χ4n) is 3.72. The molecule has 0 bridgehead atoms. The number of alkyl halides is 3. The molecule has 1 aromatic carbocycles. The maximum atomic E-state index is 13.2. The van der Waals surface area contributed by atoms with Crippen LogP contribution in [0.25, 0.3) is 28.0 Å². The van der Waals surface area contributed by atoms with Gasteiger partial charge in [-0.3, -0.25) is 5.73 Å². The van der Waals surface area contributed by atoms with Crippen LogP contribution in [0.2, 0.25) is 0 Å². The molecule has 0 saturated carbocycles. The van der Waals surface area contributed by atoms with E-state index < -0.39 is 29.9 Å². The maximum absolute atomic E-state index is 13.2. The monoisotopic (exact) mass is 485 g/mol. The molecule has 0 spiro atoms. The van der Waals surface area contributed by atoms with Gasteiger partial charge in [-0.25, -0.2) is 14.8 Å². The minimum Gasteiger partial charge on any atom is -0.439 e. The SMILES string of the molecule is Nc1[nH+]c(-c2ccccc2)c(-c2cnnc(CO)c2)c2nn(Cc3ncoc3C(F)(F)F)c(=O)n12. The Kier molecular flexibility index (Phi) is 5.28. The first-order valence-electron chi connectivity index (χ1n) is 10.1. The van der Waals surface area contributed by atoms with Crippen LogP contribution in [0.4, 0.5) is 19.1 Å². The standard InChI is InChI=1S/C21H15F3N8O3/c22-21(23,24)17-14(26-10-35-17)8-31-20(34)32-18(30-31)15(12-6-13(9-33)29-27-7-12)16(28-19(32)25)11-4-2-1-3-5-11/h1-7,10,33H,8-9H2,(H2,25,28)/p+1. The van der Waals surface area contributed by atoms with E-state index in [1.807, 2.05) is 6.07 Å². The van der Waals surface area contributed by atoms with E-state index in [9.17, 15) is 23.1 Å². The zero-order chi connectivity index (χ0) is 24.7. The second kappa shape index (κ2) is 8.32. The molecule has 0 aliphatic rings. The number of aliphatic hydroxyl groups excluding tert-OH is 1. The van der Waals surface area contributed by atoms with E-state index in [-0.39, 0.29) is 23.9 Å². The van der Waals surface area contributed by atoms with Crippen molar-refractivity contribution in [1.82, 2.24) is 29.4 Å². The van der Waals surface area contributed by atoms with Gasteiger partial charge in [-0.15, -0.1) is 9.50 Å². The van der Waals surface area contributed by atoms with Crippen molar-refractivity contribution in [3.05, 3.63) is 76.6 Å². The molecule has 5 aromatic rings. The number of hydrogen-bond donors (Lipinski definition) is 2. The Morgan fingerprint density at radius 2 is 1.94 bits per heavy atom. The quantitative estimate of drug-likeness (QED) is 0.381. The summed E-state index contributed by atoms with van der Waals surface area (Å²) in [6, 6.07) is 10.6. The molecule has 0 aliphatic heterocycles. The number of rotatable bonds is 5. The van der Waals surface area contributed by atoms with E-state index in [2.05, 4.69) is 29.7 Å². The molecule has 0 aliphatic carbocycles. The minimum atomic E-state index is -4.80. The third kappa shape index (κ3) is 3.89. The molecule has 4 heterocycles. The van der Waals surface area contributed by atoms with E-state index >= 15 is 0 Å². The van der Waals surface area contributed by atoms with E-state index in [1.165, 1.54) is 6.20 Å². The van der Waals surface area contributed by atoms with Crippen LogP contribution in [0.5, 0.6) is 0 Å². The average molecular weight is 485 g/mol. The summed E-state index contributed by atoms with van der Waals surface area (Å²) in [5, 5.41) is 21.6. The number of fused-ring (bicyclic) bond motifs is 1. The number of hydrogen-bond acceptors (Lipinski definition) is 8. The van der Waals surface area contributed by atoms with Gasteiger partial charge in [0.25, 0.3) is 0 Å². The molecule has 0 radical (unpaired) electrons. The lowest BCUT2D eigenvalue weighted by molar-refractivity contribution is -0.351. The van der Waals surface area contributed by atoms with Crippen LogP contribution in [0.15, 0.2) is 58.2 Å². The Labute approximate surface area is 193 Å². The number of halogens is 3. The summed E-state index contributed by atoms with van der Waals surface area (Å²) >= 11 is 0. The molecule has 178 valence electrons. The lowest BCUT2D eigenvalue weighted by atomic mass is 10.0. The second-order valence-corrected chi connectivity index (χ2v) is 7.45. The fraction of sp³-hybridized carbons (Fsp3) is 0.143. The zero-order valence-corrected chi connectivity index (χ0v) is 17.7. The number of benzene rings is 1. The number of oxazole rings is 1. The predicted octanol–water partition coefficient (Wildman–Crippen LogP) is 1.56. The van der Waals surface area contributed by atoms with Crippen LogP contribution < -0.4 is 16.4 Å². The first-order chi connectivity index (χ1) is 16.8.